The van der Waals surface area contributed by atoms with E-state index < -0.39 is 42.9 Å². The minimum atomic E-state index is -3.98. The van der Waals surface area contributed by atoms with E-state index in [9.17, 15) is 26.4 Å². The van der Waals surface area contributed by atoms with Gasteiger partial charge in [-0.1, -0.05) is 73.0 Å². The summed E-state index contributed by atoms with van der Waals surface area (Å²) in [5.74, 6) is -3.33. The van der Waals surface area contributed by atoms with Crippen molar-refractivity contribution in [3.8, 4) is 0 Å². The molecule has 0 N–H and O–H groups in total. The van der Waals surface area contributed by atoms with Crippen LogP contribution in [0.5, 0.6) is 0 Å². The molecule has 42 heavy (non-hydrogen) atoms. The SMILES string of the molecule is CCCOCCCCCC(=O)c1ccc(C(=O)C(CS(=O)(=O)c2ccc(C)cc2)CS(=O)(=O)c2ccc(C)cc2)cc1. The number of aryl methyl sites for hydroxylation is 2. The highest BCUT2D eigenvalue weighted by atomic mass is 32.2. The van der Waals surface area contributed by atoms with Gasteiger partial charge in [0.1, 0.15) is 0 Å². The Balaban J connectivity index is 1.78. The van der Waals surface area contributed by atoms with Gasteiger partial charge in [-0.3, -0.25) is 9.59 Å². The fourth-order valence-electron chi connectivity index (χ4n) is 4.53. The first-order valence-corrected chi connectivity index (χ1v) is 17.6. The molecule has 3 aromatic rings. The van der Waals surface area contributed by atoms with E-state index in [2.05, 4.69) is 6.92 Å². The highest BCUT2D eigenvalue weighted by Crippen LogP contribution is 2.23. The normalized spacial score (nSPS) is 12.0. The van der Waals surface area contributed by atoms with Gasteiger partial charge in [-0.25, -0.2) is 16.8 Å². The second kappa shape index (κ2) is 15.4. The predicted molar refractivity (Wildman–Crippen MR) is 165 cm³/mol. The molecule has 0 bridgehead atoms. The topological polar surface area (TPSA) is 112 Å². The Morgan fingerprint density at radius 2 is 1.12 bits per heavy atom. The molecule has 0 saturated carbocycles. The minimum Gasteiger partial charge on any atom is -0.381 e. The quantitative estimate of drug-likeness (QED) is 0.131. The molecule has 0 aliphatic carbocycles. The monoisotopic (exact) mass is 612 g/mol. The first-order valence-electron chi connectivity index (χ1n) is 14.3. The Hall–Kier alpha value is -3.14. The summed E-state index contributed by atoms with van der Waals surface area (Å²) in [6.07, 6.45) is 3.83. The van der Waals surface area contributed by atoms with Crippen LogP contribution in [0.2, 0.25) is 0 Å². The van der Waals surface area contributed by atoms with E-state index in [4.69, 9.17) is 4.74 Å². The molecule has 0 aliphatic heterocycles. The second-order valence-electron chi connectivity index (χ2n) is 10.7. The van der Waals surface area contributed by atoms with E-state index in [1.807, 2.05) is 13.8 Å². The van der Waals surface area contributed by atoms with E-state index >= 15 is 0 Å². The number of carbonyl (C=O) groups is 2. The summed E-state index contributed by atoms with van der Waals surface area (Å²) >= 11 is 0. The average molecular weight is 613 g/mol. The molecule has 0 heterocycles. The first-order chi connectivity index (χ1) is 19.9. The molecule has 3 rings (SSSR count). The summed E-state index contributed by atoms with van der Waals surface area (Å²) in [7, 11) is -7.96. The van der Waals surface area contributed by atoms with E-state index in [0.717, 1.165) is 43.4 Å². The van der Waals surface area contributed by atoms with Crippen LogP contribution in [0.1, 0.15) is 70.9 Å². The lowest BCUT2D eigenvalue weighted by molar-refractivity contribution is 0.0938. The molecule has 226 valence electrons. The zero-order valence-electron chi connectivity index (χ0n) is 24.5. The largest absolute Gasteiger partial charge is 0.381 e. The zero-order valence-corrected chi connectivity index (χ0v) is 26.2. The molecule has 0 unspecified atom stereocenters. The number of Topliss-reactive ketones (excluding diaryl/α,β-unsaturated/α-hetero) is 2. The number of sulfone groups is 2. The van der Waals surface area contributed by atoms with Gasteiger partial charge in [0.15, 0.2) is 31.2 Å². The fourth-order valence-corrected chi connectivity index (χ4v) is 7.76. The van der Waals surface area contributed by atoms with Crippen molar-refractivity contribution in [3.05, 3.63) is 95.1 Å². The Morgan fingerprint density at radius 1 is 0.643 bits per heavy atom. The fraction of sp³-hybridized carbons (Fsp3) is 0.394. The van der Waals surface area contributed by atoms with Gasteiger partial charge in [0.2, 0.25) is 0 Å². The summed E-state index contributed by atoms with van der Waals surface area (Å²) in [4.78, 5) is 26.4. The van der Waals surface area contributed by atoms with E-state index in [0.29, 0.717) is 18.6 Å². The number of unbranched alkanes of at least 4 members (excludes halogenated alkanes) is 2. The first kappa shape index (κ1) is 33.4. The third-order valence-electron chi connectivity index (χ3n) is 7.00. The maximum absolute atomic E-state index is 13.6. The van der Waals surface area contributed by atoms with Crippen molar-refractivity contribution in [2.24, 2.45) is 5.92 Å². The molecule has 0 aromatic heterocycles. The van der Waals surface area contributed by atoms with Crippen molar-refractivity contribution in [2.75, 3.05) is 24.7 Å². The minimum absolute atomic E-state index is 0.0245. The maximum atomic E-state index is 13.6. The molecule has 0 amide bonds. The number of hydrogen-bond acceptors (Lipinski definition) is 7. The lowest BCUT2D eigenvalue weighted by Gasteiger charge is -2.17. The number of rotatable bonds is 17. The Labute approximate surface area is 250 Å². The van der Waals surface area contributed by atoms with Crippen molar-refractivity contribution in [2.45, 2.75) is 62.7 Å². The molecule has 3 aromatic carbocycles. The standard InChI is InChI=1S/C33H40O7S2/c1-4-21-40-22-7-5-6-8-32(34)27-13-15-28(16-14-27)33(35)29(23-41(36,37)30-17-9-25(2)10-18-30)24-42(38,39)31-19-11-26(3)12-20-31/h9-20,29H,4-8,21-24H2,1-3H3. The van der Waals surface area contributed by atoms with Gasteiger partial charge in [-0.05, 0) is 57.4 Å². The van der Waals surface area contributed by atoms with Crippen LogP contribution in [-0.4, -0.2) is 53.1 Å². The number of ketones is 2. The van der Waals surface area contributed by atoms with Crippen LogP contribution in [0.15, 0.2) is 82.6 Å². The van der Waals surface area contributed by atoms with Crippen LogP contribution >= 0.6 is 0 Å². The number of carbonyl (C=O) groups excluding carboxylic acids is 2. The molecule has 0 spiro atoms. The Bertz CT molecular complexity index is 1460. The summed E-state index contributed by atoms with van der Waals surface area (Å²) in [6.45, 7) is 7.13. The number of benzene rings is 3. The highest BCUT2D eigenvalue weighted by Gasteiger charge is 2.32. The van der Waals surface area contributed by atoms with Crippen molar-refractivity contribution < 1.29 is 31.2 Å². The maximum Gasteiger partial charge on any atom is 0.179 e. The molecule has 0 radical (unpaired) electrons. The van der Waals surface area contributed by atoms with Gasteiger partial charge in [0, 0.05) is 30.8 Å². The van der Waals surface area contributed by atoms with Crippen LogP contribution in [0.25, 0.3) is 0 Å². The van der Waals surface area contributed by atoms with Gasteiger partial charge in [0.25, 0.3) is 0 Å². The third-order valence-corrected chi connectivity index (χ3v) is 10.7. The van der Waals surface area contributed by atoms with Crippen molar-refractivity contribution in [1.82, 2.24) is 0 Å². The predicted octanol–water partition coefficient (Wildman–Crippen LogP) is 6.22. The molecular weight excluding hydrogens is 572 g/mol. The zero-order chi connectivity index (χ0) is 30.8. The van der Waals surface area contributed by atoms with Gasteiger partial charge >= 0.3 is 0 Å². The molecule has 0 fully saturated rings. The summed E-state index contributed by atoms with van der Waals surface area (Å²) in [5, 5.41) is 0. The van der Waals surface area contributed by atoms with E-state index in [1.54, 1.807) is 36.4 Å². The molecule has 0 aliphatic rings. The van der Waals surface area contributed by atoms with Gasteiger partial charge in [-0.15, -0.1) is 0 Å². The van der Waals surface area contributed by atoms with E-state index in [-0.39, 0.29) is 21.1 Å². The van der Waals surface area contributed by atoms with Crippen LogP contribution < -0.4 is 0 Å². The Morgan fingerprint density at radius 3 is 1.60 bits per heavy atom. The van der Waals surface area contributed by atoms with Crippen molar-refractivity contribution in [3.63, 3.8) is 0 Å². The molecule has 9 heteroatoms. The number of hydrogen-bond donors (Lipinski definition) is 0. The highest BCUT2D eigenvalue weighted by molar-refractivity contribution is 7.92. The lowest BCUT2D eigenvalue weighted by Crippen LogP contribution is -2.31. The van der Waals surface area contributed by atoms with Crippen LogP contribution in [-0.2, 0) is 24.4 Å². The smallest absolute Gasteiger partial charge is 0.179 e. The molecular formula is C33H40O7S2. The van der Waals surface area contributed by atoms with Gasteiger partial charge < -0.3 is 4.74 Å². The Kier molecular flexibility index (Phi) is 12.2. The van der Waals surface area contributed by atoms with Crippen LogP contribution in [0.4, 0.5) is 0 Å². The third kappa shape index (κ3) is 9.71. The van der Waals surface area contributed by atoms with Gasteiger partial charge in [0.05, 0.1) is 27.2 Å². The molecule has 0 atom stereocenters. The van der Waals surface area contributed by atoms with E-state index in [1.165, 1.54) is 36.4 Å². The second-order valence-corrected chi connectivity index (χ2v) is 14.7. The molecule has 7 nitrogen and oxygen atoms in total. The van der Waals surface area contributed by atoms with Crippen LogP contribution in [0.3, 0.4) is 0 Å². The summed E-state index contributed by atoms with van der Waals surface area (Å²) in [5.41, 5.74) is 2.35. The van der Waals surface area contributed by atoms with Crippen LogP contribution in [0, 0.1) is 19.8 Å². The van der Waals surface area contributed by atoms with Gasteiger partial charge in [-0.2, -0.15) is 0 Å². The lowest BCUT2D eigenvalue weighted by atomic mass is 9.97. The van der Waals surface area contributed by atoms with Crippen molar-refractivity contribution in [1.29, 1.82) is 0 Å². The van der Waals surface area contributed by atoms with Crippen molar-refractivity contribution >= 4 is 31.2 Å². The molecule has 0 saturated heterocycles. The summed E-state index contributed by atoms with van der Waals surface area (Å²) in [6, 6.07) is 18.5. The summed E-state index contributed by atoms with van der Waals surface area (Å²) < 4.78 is 58.7. The average Bonchev–Trinajstić information content (AvgIpc) is 2.96. The number of ether oxygens (including phenoxy) is 1.